The SMILES string of the molecule is N#CC[C@@]12CC[C@](O)(C(F)(F)F)C[C@H]1CCCc1cc3c(cnn3-c3ccc(F)cc3)cc12.N#CC[C@]12CC[C@@](O)(C(F)(F)F)C[C@@H]1CCCc1cc3c(cnn3-c3ccc(F)cc3)cc12. The van der Waals surface area contributed by atoms with Gasteiger partial charge in [0.2, 0.25) is 0 Å². The van der Waals surface area contributed by atoms with Crippen molar-refractivity contribution in [1.82, 2.24) is 19.6 Å². The standard InChI is InChI=1S/2C25H23F4N3O/c2*26-19-4-6-20(7-5-19)32-22-13-16-2-1-3-18-14-24(33,25(27,28)29)9-8-23(18,10-11-30)21(16)12-17(22)15-31-32/h2*4-7,12-13,15,18,33H,1-3,8-10,14H2/t2*18-,23+,24-/m10/s1. The van der Waals surface area contributed by atoms with Crippen molar-refractivity contribution in [3.63, 3.8) is 0 Å². The summed E-state index contributed by atoms with van der Waals surface area (Å²) in [6.07, 6.45) is -3.44. The molecule has 0 amide bonds. The van der Waals surface area contributed by atoms with E-state index in [0.29, 0.717) is 49.9 Å². The number of alkyl halides is 6. The molecule has 0 radical (unpaired) electrons. The van der Waals surface area contributed by atoms with Gasteiger partial charge in [-0.2, -0.15) is 47.1 Å². The van der Waals surface area contributed by atoms with Gasteiger partial charge in [-0.1, -0.05) is 0 Å². The summed E-state index contributed by atoms with van der Waals surface area (Å²) in [4.78, 5) is 0. The fraction of sp³-hybridized carbons (Fsp3) is 0.440. The van der Waals surface area contributed by atoms with Crippen LogP contribution in [0.15, 0.2) is 85.2 Å². The van der Waals surface area contributed by atoms with Gasteiger partial charge in [-0.05, 0) is 184 Å². The number of hydrogen-bond donors (Lipinski definition) is 2. The molecule has 344 valence electrons. The predicted molar refractivity (Wildman–Crippen MR) is 228 cm³/mol. The molecule has 4 aliphatic rings. The van der Waals surface area contributed by atoms with Gasteiger partial charge < -0.3 is 10.2 Å². The Labute approximate surface area is 375 Å². The minimum atomic E-state index is -4.69. The van der Waals surface area contributed by atoms with E-state index < -0.39 is 59.1 Å². The minimum absolute atomic E-state index is 0.103. The van der Waals surface area contributed by atoms with Gasteiger partial charge in [0.15, 0.2) is 11.2 Å². The molecule has 4 aliphatic carbocycles. The van der Waals surface area contributed by atoms with Gasteiger partial charge in [-0.3, -0.25) is 0 Å². The van der Waals surface area contributed by atoms with E-state index in [0.717, 1.165) is 44.1 Å². The first-order chi connectivity index (χ1) is 31.3. The molecule has 0 saturated heterocycles. The van der Waals surface area contributed by atoms with Crippen LogP contribution >= 0.6 is 0 Å². The highest BCUT2D eigenvalue weighted by molar-refractivity contribution is 5.84. The highest BCUT2D eigenvalue weighted by Gasteiger charge is 2.62. The van der Waals surface area contributed by atoms with Crippen LogP contribution in [0.4, 0.5) is 35.1 Å². The van der Waals surface area contributed by atoms with Crippen molar-refractivity contribution in [1.29, 1.82) is 10.5 Å². The molecule has 0 bridgehead atoms. The molecule has 6 atom stereocenters. The molecule has 2 N–H and O–H groups in total. The van der Waals surface area contributed by atoms with Crippen LogP contribution < -0.4 is 0 Å². The van der Waals surface area contributed by atoms with Crippen LogP contribution in [0.3, 0.4) is 0 Å². The van der Waals surface area contributed by atoms with E-state index in [9.17, 15) is 55.9 Å². The Bertz CT molecular complexity index is 2680. The number of aliphatic hydroxyl groups is 2. The maximum absolute atomic E-state index is 13.6. The van der Waals surface area contributed by atoms with Gasteiger partial charge in [0.1, 0.15) is 11.6 Å². The number of hydrogen-bond acceptors (Lipinski definition) is 6. The Hall–Kier alpha value is -5.84. The maximum Gasteiger partial charge on any atom is 0.417 e. The molecule has 6 aromatic rings. The summed E-state index contributed by atoms with van der Waals surface area (Å²) in [6, 6.07) is 24.4. The number of aromatic nitrogens is 4. The predicted octanol–water partition coefficient (Wildman–Crippen LogP) is 11.5. The number of rotatable bonds is 4. The number of nitrogens with zero attached hydrogens (tertiary/aromatic N) is 6. The summed E-state index contributed by atoms with van der Waals surface area (Å²) in [5.74, 6) is -1.57. The third kappa shape index (κ3) is 7.60. The third-order valence-electron chi connectivity index (χ3n) is 15.3. The van der Waals surface area contributed by atoms with Gasteiger partial charge in [0.05, 0.1) is 46.9 Å². The Kier molecular flexibility index (Phi) is 11.3. The normalized spacial score (nSPS) is 27.5. The summed E-state index contributed by atoms with van der Waals surface area (Å²) >= 11 is 0. The van der Waals surface area contributed by atoms with Crippen molar-refractivity contribution in [3.8, 4) is 23.5 Å². The fourth-order valence-corrected chi connectivity index (χ4v) is 11.8. The first kappa shape index (κ1) is 45.3. The smallest absolute Gasteiger partial charge is 0.380 e. The zero-order valence-corrected chi connectivity index (χ0v) is 35.7. The maximum atomic E-state index is 13.6. The summed E-state index contributed by atoms with van der Waals surface area (Å²) < 4.78 is 112. The van der Waals surface area contributed by atoms with Crippen molar-refractivity contribution in [2.75, 3.05) is 0 Å². The van der Waals surface area contributed by atoms with Crippen LogP contribution in [0.2, 0.25) is 0 Å². The quantitative estimate of drug-likeness (QED) is 0.170. The van der Waals surface area contributed by atoms with Crippen LogP contribution in [0.25, 0.3) is 33.2 Å². The van der Waals surface area contributed by atoms with Crippen LogP contribution in [0.1, 0.15) is 99.3 Å². The van der Waals surface area contributed by atoms with Crippen LogP contribution in [0, 0.1) is 46.1 Å². The molecule has 0 aliphatic heterocycles. The summed E-state index contributed by atoms with van der Waals surface area (Å²) in [5, 5.41) is 50.8. The molecule has 4 aromatic carbocycles. The van der Waals surface area contributed by atoms with Crippen molar-refractivity contribution >= 4 is 21.8 Å². The number of fused-ring (bicyclic) bond motifs is 8. The molecule has 2 saturated carbocycles. The summed E-state index contributed by atoms with van der Waals surface area (Å²) in [5.41, 5.74) is -0.00437. The molecular weight excluding hydrogens is 869 g/mol. The van der Waals surface area contributed by atoms with Crippen LogP contribution in [0.5, 0.6) is 0 Å². The average Bonchev–Trinajstić information content (AvgIpc) is 3.81. The molecule has 0 spiro atoms. The molecule has 10 rings (SSSR count). The lowest BCUT2D eigenvalue weighted by Gasteiger charge is -2.49. The Morgan fingerprint density at radius 1 is 0.591 bits per heavy atom. The van der Waals surface area contributed by atoms with Crippen molar-refractivity contribution < 1.29 is 45.3 Å². The van der Waals surface area contributed by atoms with E-state index in [1.165, 1.54) is 24.3 Å². The zero-order chi connectivity index (χ0) is 46.9. The lowest BCUT2D eigenvalue weighted by atomic mass is 9.56. The minimum Gasteiger partial charge on any atom is -0.380 e. The van der Waals surface area contributed by atoms with Crippen LogP contribution in [-0.4, -0.2) is 53.3 Å². The zero-order valence-electron chi connectivity index (χ0n) is 35.7. The summed E-state index contributed by atoms with van der Waals surface area (Å²) in [6.45, 7) is 0. The Morgan fingerprint density at radius 3 is 1.32 bits per heavy atom. The first-order valence-corrected chi connectivity index (χ1v) is 22.2. The Morgan fingerprint density at radius 2 is 0.970 bits per heavy atom. The molecular formula is C50H46F8N6O2. The van der Waals surface area contributed by atoms with Crippen molar-refractivity contribution in [2.45, 2.75) is 124 Å². The average molecular weight is 915 g/mol. The second-order valence-electron chi connectivity index (χ2n) is 18.8. The van der Waals surface area contributed by atoms with Gasteiger partial charge >= 0.3 is 12.4 Å². The molecule has 2 heterocycles. The molecule has 2 aromatic heterocycles. The molecule has 8 nitrogen and oxygen atoms in total. The largest absolute Gasteiger partial charge is 0.417 e. The van der Waals surface area contributed by atoms with E-state index in [1.807, 2.05) is 24.3 Å². The monoisotopic (exact) mass is 914 g/mol. The van der Waals surface area contributed by atoms with Gasteiger partial charge in [0.25, 0.3) is 0 Å². The van der Waals surface area contributed by atoms with Gasteiger partial charge in [-0.15, -0.1) is 0 Å². The van der Waals surface area contributed by atoms with E-state index in [1.54, 1.807) is 46.0 Å². The number of aryl methyl sites for hydroxylation is 2. The van der Waals surface area contributed by atoms with Gasteiger partial charge in [0, 0.05) is 34.4 Å². The molecule has 2 fully saturated rings. The Balaban J connectivity index is 0.000000166. The van der Waals surface area contributed by atoms with E-state index in [4.69, 9.17) is 0 Å². The van der Waals surface area contributed by atoms with E-state index in [-0.39, 0.29) is 50.2 Å². The highest BCUT2D eigenvalue weighted by atomic mass is 19.4. The number of halogens is 8. The second kappa shape index (κ2) is 16.5. The molecule has 16 heteroatoms. The third-order valence-corrected chi connectivity index (χ3v) is 15.3. The molecule has 66 heavy (non-hydrogen) atoms. The fourth-order valence-electron chi connectivity index (χ4n) is 11.8. The lowest BCUT2D eigenvalue weighted by molar-refractivity contribution is -0.279. The number of nitriles is 2. The van der Waals surface area contributed by atoms with E-state index >= 15 is 0 Å². The van der Waals surface area contributed by atoms with Crippen molar-refractivity contribution in [3.05, 3.63) is 119 Å². The lowest BCUT2D eigenvalue weighted by Crippen LogP contribution is -2.54. The molecule has 0 unspecified atom stereocenters. The summed E-state index contributed by atoms with van der Waals surface area (Å²) in [7, 11) is 0. The van der Waals surface area contributed by atoms with Crippen molar-refractivity contribution in [2.24, 2.45) is 11.8 Å². The van der Waals surface area contributed by atoms with E-state index in [2.05, 4.69) is 22.3 Å². The van der Waals surface area contributed by atoms with Gasteiger partial charge in [-0.25, -0.2) is 18.1 Å². The highest BCUT2D eigenvalue weighted by Crippen LogP contribution is 2.59. The number of benzene rings is 4. The van der Waals surface area contributed by atoms with Crippen LogP contribution in [-0.2, 0) is 23.7 Å². The topological polar surface area (TPSA) is 124 Å². The second-order valence-corrected chi connectivity index (χ2v) is 18.8. The first-order valence-electron chi connectivity index (χ1n) is 22.2.